The number of amides is 1. The molecule has 4 nitrogen and oxygen atoms in total. The van der Waals surface area contributed by atoms with Crippen molar-refractivity contribution in [2.24, 2.45) is 5.92 Å². The standard InChI is InChI=1S/C13H16BrNO3/c14-11-1-3-12(4-2-11)18-9-13(17)15-6-5-10(7-15)8-16/h1-4,10,16H,5-9H2. The van der Waals surface area contributed by atoms with Gasteiger partial charge in [0.05, 0.1) is 0 Å². The van der Waals surface area contributed by atoms with Gasteiger partial charge in [0.15, 0.2) is 6.61 Å². The summed E-state index contributed by atoms with van der Waals surface area (Å²) in [6.45, 7) is 1.56. The van der Waals surface area contributed by atoms with Gasteiger partial charge >= 0.3 is 0 Å². The molecule has 1 atom stereocenters. The summed E-state index contributed by atoms with van der Waals surface area (Å²) in [7, 11) is 0. The molecule has 5 heteroatoms. The van der Waals surface area contributed by atoms with Crippen molar-refractivity contribution in [3.63, 3.8) is 0 Å². The SMILES string of the molecule is O=C(COc1ccc(Br)cc1)N1CCC(CO)C1. The molecule has 1 fully saturated rings. The van der Waals surface area contributed by atoms with E-state index in [9.17, 15) is 4.79 Å². The van der Waals surface area contributed by atoms with Gasteiger partial charge in [-0.25, -0.2) is 0 Å². The average Bonchev–Trinajstić information content (AvgIpc) is 2.86. The molecule has 1 saturated heterocycles. The van der Waals surface area contributed by atoms with Crippen molar-refractivity contribution < 1.29 is 14.6 Å². The van der Waals surface area contributed by atoms with Crippen LogP contribution in [-0.2, 0) is 4.79 Å². The molecule has 0 spiro atoms. The van der Waals surface area contributed by atoms with Crippen LogP contribution in [0.4, 0.5) is 0 Å². The zero-order valence-corrected chi connectivity index (χ0v) is 11.6. The Morgan fingerprint density at radius 3 is 2.78 bits per heavy atom. The van der Waals surface area contributed by atoms with Gasteiger partial charge in [0, 0.05) is 30.1 Å². The third-order valence-corrected chi connectivity index (χ3v) is 3.60. The number of hydrogen-bond donors (Lipinski definition) is 1. The monoisotopic (exact) mass is 313 g/mol. The molecule has 98 valence electrons. The number of aliphatic hydroxyl groups excluding tert-OH is 1. The Labute approximate surface area is 115 Å². The third-order valence-electron chi connectivity index (χ3n) is 3.07. The number of ether oxygens (including phenoxy) is 1. The second-order valence-electron chi connectivity index (χ2n) is 4.42. The molecule has 0 aliphatic carbocycles. The van der Waals surface area contributed by atoms with Gasteiger partial charge in [-0.05, 0) is 30.7 Å². The fraction of sp³-hybridized carbons (Fsp3) is 0.462. The van der Waals surface area contributed by atoms with Crippen LogP contribution in [0.1, 0.15) is 6.42 Å². The van der Waals surface area contributed by atoms with E-state index in [0.717, 1.165) is 10.9 Å². The lowest BCUT2D eigenvalue weighted by Crippen LogP contribution is -2.33. The van der Waals surface area contributed by atoms with Gasteiger partial charge in [-0.3, -0.25) is 4.79 Å². The van der Waals surface area contributed by atoms with Crippen molar-refractivity contribution in [1.82, 2.24) is 4.90 Å². The van der Waals surface area contributed by atoms with Crippen molar-refractivity contribution in [3.05, 3.63) is 28.7 Å². The predicted molar refractivity (Wildman–Crippen MR) is 71.4 cm³/mol. The Morgan fingerprint density at radius 1 is 1.44 bits per heavy atom. The lowest BCUT2D eigenvalue weighted by Gasteiger charge is -2.16. The van der Waals surface area contributed by atoms with Gasteiger partial charge in [-0.1, -0.05) is 15.9 Å². The quantitative estimate of drug-likeness (QED) is 0.920. The highest BCUT2D eigenvalue weighted by atomic mass is 79.9. The van der Waals surface area contributed by atoms with E-state index in [-0.39, 0.29) is 25.0 Å². The van der Waals surface area contributed by atoms with Crippen molar-refractivity contribution in [3.8, 4) is 5.75 Å². The van der Waals surface area contributed by atoms with Crippen LogP contribution < -0.4 is 4.74 Å². The van der Waals surface area contributed by atoms with E-state index in [1.165, 1.54) is 0 Å². The number of carbonyl (C=O) groups excluding carboxylic acids is 1. The van der Waals surface area contributed by atoms with Crippen molar-refractivity contribution in [1.29, 1.82) is 0 Å². The first-order chi connectivity index (χ1) is 8.69. The average molecular weight is 314 g/mol. The van der Waals surface area contributed by atoms with Gasteiger partial charge in [0.25, 0.3) is 5.91 Å². The second kappa shape index (κ2) is 6.20. The molecule has 1 aromatic carbocycles. The third kappa shape index (κ3) is 3.46. The number of likely N-dealkylation sites (tertiary alicyclic amines) is 1. The molecule has 1 unspecified atom stereocenters. The van der Waals surface area contributed by atoms with E-state index in [4.69, 9.17) is 9.84 Å². The van der Waals surface area contributed by atoms with Crippen LogP contribution in [-0.4, -0.2) is 42.2 Å². The molecule has 1 aromatic rings. The number of carbonyl (C=O) groups is 1. The summed E-state index contributed by atoms with van der Waals surface area (Å²) in [5, 5.41) is 9.03. The maximum Gasteiger partial charge on any atom is 0.260 e. The Balaban J connectivity index is 1.80. The van der Waals surface area contributed by atoms with E-state index in [1.54, 1.807) is 4.90 Å². The zero-order chi connectivity index (χ0) is 13.0. The largest absolute Gasteiger partial charge is 0.484 e. The smallest absolute Gasteiger partial charge is 0.260 e. The highest BCUT2D eigenvalue weighted by Gasteiger charge is 2.25. The zero-order valence-electron chi connectivity index (χ0n) is 10.0. The molecule has 1 aliphatic heterocycles. The molecule has 0 radical (unpaired) electrons. The van der Waals surface area contributed by atoms with Crippen molar-refractivity contribution >= 4 is 21.8 Å². The van der Waals surface area contributed by atoms with E-state index in [0.29, 0.717) is 18.8 Å². The fourth-order valence-electron chi connectivity index (χ4n) is 1.98. The van der Waals surface area contributed by atoms with Crippen LogP contribution in [0.3, 0.4) is 0 Å². The fourth-order valence-corrected chi connectivity index (χ4v) is 2.24. The second-order valence-corrected chi connectivity index (χ2v) is 5.34. The van der Waals surface area contributed by atoms with Crippen LogP contribution >= 0.6 is 15.9 Å². The van der Waals surface area contributed by atoms with Crippen molar-refractivity contribution in [2.45, 2.75) is 6.42 Å². The Hall–Kier alpha value is -1.07. The lowest BCUT2D eigenvalue weighted by molar-refractivity contribution is -0.132. The molecule has 0 bridgehead atoms. The number of hydrogen-bond acceptors (Lipinski definition) is 3. The molecule has 2 rings (SSSR count). The summed E-state index contributed by atoms with van der Waals surface area (Å²) in [6, 6.07) is 7.38. The molecular weight excluding hydrogens is 298 g/mol. The molecule has 0 saturated carbocycles. The number of benzene rings is 1. The first kappa shape index (κ1) is 13.4. The number of aliphatic hydroxyl groups is 1. The maximum atomic E-state index is 11.9. The first-order valence-electron chi connectivity index (χ1n) is 5.96. The maximum absolute atomic E-state index is 11.9. The minimum absolute atomic E-state index is 0.0196. The highest BCUT2D eigenvalue weighted by molar-refractivity contribution is 9.10. The Kier molecular flexibility index (Phi) is 4.60. The first-order valence-corrected chi connectivity index (χ1v) is 6.75. The molecule has 1 aliphatic rings. The summed E-state index contributed by atoms with van der Waals surface area (Å²) < 4.78 is 6.41. The minimum atomic E-state index is -0.0196. The van der Waals surface area contributed by atoms with Gasteiger partial charge in [0.1, 0.15) is 5.75 Å². The molecule has 0 aromatic heterocycles. The van der Waals surface area contributed by atoms with Crippen LogP contribution in [0.25, 0.3) is 0 Å². The number of rotatable bonds is 4. The lowest BCUT2D eigenvalue weighted by atomic mass is 10.1. The summed E-state index contributed by atoms with van der Waals surface area (Å²) in [5.74, 6) is 0.889. The van der Waals surface area contributed by atoms with Gasteiger partial charge < -0.3 is 14.7 Å². The number of halogens is 1. The molecular formula is C13H16BrNO3. The van der Waals surface area contributed by atoms with E-state index >= 15 is 0 Å². The predicted octanol–water partition coefficient (Wildman–Crippen LogP) is 1.67. The van der Waals surface area contributed by atoms with Crippen LogP contribution in [0.5, 0.6) is 5.75 Å². The van der Waals surface area contributed by atoms with Gasteiger partial charge in [-0.2, -0.15) is 0 Å². The van der Waals surface area contributed by atoms with Crippen LogP contribution in [0.15, 0.2) is 28.7 Å². The summed E-state index contributed by atoms with van der Waals surface area (Å²) >= 11 is 3.34. The molecule has 1 amide bonds. The Morgan fingerprint density at radius 2 is 2.17 bits per heavy atom. The van der Waals surface area contributed by atoms with E-state index in [1.807, 2.05) is 24.3 Å². The summed E-state index contributed by atoms with van der Waals surface area (Å²) in [5.41, 5.74) is 0. The summed E-state index contributed by atoms with van der Waals surface area (Å²) in [6.07, 6.45) is 0.876. The van der Waals surface area contributed by atoms with Gasteiger partial charge in [-0.15, -0.1) is 0 Å². The van der Waals surface area contributed by atoms with Crippen molar-refractivity contribution in [2.75, 3.05) is 26.3 Å². The van der Waals surface area contributed by atoms with Crippen LogP contribution in [0.2, 0.25) is 0 Å². The minimum Gasteiger partial charge on any atom is -0.484 e. The number of nitrogens with zero attached hydrogens (tertiary/aromatic N) is 1. The molecule has 1 N–H and O–H groups in total. The highest BCUT2D eigenvalue weighted by Crippen LogP contribution is 2.18. The van der Waals surface area contributed by atoms with Gasteiger partial charge in [0.2, 0.25) is 0 Å². The van der Waals surface area contributed by atoms with Crippen LogP contribution in [0, 0.1) is 5.92 Å². The summed E-state index contributed by atoms with van der Waals surface area (Å²) in [4.78, 5) is 13.6. The van der Waals surface area contributed by atoms with E-state index in [2.05, 4.69) is 15.9 Å². The normalized spacial score (nSPS) is 19.0. The molecule has 1 heterocycles. The Bertz CT molecular complexity index is 407. The van der Waals surface area contributed by atoms with E-state index < -0.39 is 0 Å². The topological polar surface area (TPSA) is 49.8 Å². The molecule has 18 heavy (non-hydrogen) atoms.